The number of carboxylic acid groups (broad SMARTS) is 1. The van der Waals surface area contributed by atoms with E-state index in [9.17, 15) is 13.2 Å². The van der Waals surface area contributed by atoms with Gasteiger partial charge in [0.05, 0.1) is 10.9 Å². The molecule has 3 rings (SSSR count). The predicted octanol–water partition coefficient (Wildman–Crippen LogP) is 7.45. The largest absolute Gasteiger partial charge is 0.542 e. The molecule has 0 atom stereocenters. The maximum absolute atomic E-state index is 10.5. The lowest BCUT2D eigenvalue weighted by Gasteiger charge is -2.22. The van der Waals surface area contributed by atoms with Crippen LogP contribution in [0.3, 0.4) is 0 Å². The van der Waals surface area contributed by atoms with E-state index < -0.39 is 12.1 Å². The normalized spacial score (nSPS) is 11.7. The molecular weight excluding hydrogens is 469 g/mol. The monoisotopic (exact) mass is 502 g/mol. The molecule has 0 heterocycles. The fraction of sp³-hybridized carbons (Fsp3) is 0.345. The van der Waals surface area contributed by atoms with Crippen LogP contribution < -0.4 is 5.11 Å². The molecular formula is C29H33F3O2S. The molecule has 188 valence electrons. The summed E-state index contributed by atoms with van der Waals surface area (Å²) in [5.74, 6) is -1.48. The first kappa shape index (κ1) is 28.5. The Morgan fingerprint density at radius 3 is 1.31 bits per heavy atom. The summed E-state index contributed by atoms with van der Waals surface area (Å²) in [4.78, 5) is 13.1. The van der Waals surface area contributed by atoms with Crippen LogP contribution in [0, 0.1) is 0 Å². The van der Waals surface area contributed by atoms with E-state index >= 15 is 0 Å². The van der Waals surface area contributed by atoms with Gasteiger partial charge in [0.25, 0.3) is 0 Å². The quantitative estimate of drug-likeness (QED) is 0.329. The van der Waals surface area contributed by atoms with Crippen LogP contribution in [0.2, 0.25) is 0 Å². The Bertz CT molecular complexity index is 1020. The van der Waals surface area contributed by atoms with Crippen LogP contribution >= 0.6 is 0 Å². The van der Waals surface area contributed by atoms with E-state index in [2.05, 4.69) is 114 Å². The molecule has 0 amide bonds. The number of carbonyl (C=O) groups is 1. The van der Waals surface area contributed by atoms with E-state index in [1.807, 2.05) is 0 Å². The van der Waals surface area contributed by atoms with Crippen LogP contribution in [0.15, 0.2) is 87.5 Å². The van der Waals surface area contributed by atoms with Gasteiger partial charge in [-0.05, 0) is 47.6 Å². The second kappa shape index (κ2) is 12.3. The van der Waals surface area contributed by atoms with Crippen molar-refractivity contribution in [2.75, 3.05) is 0 Å². The minimum absolute atomic E-state index is 0.100. The zero-order valence-electron chi connectivity index (χ0n) is 21.0. The maximum Gasteiger partial charge on any atom is 0.430 e. The van der Waals surface area contributed by atoms with Crippen molar-refractivity contribution in [3.05, 3.63) is 89.5 Å². The molecule has 0 N–H and O–H groups in total. The molecule has 0 spiro atoms. The number of alkyl halides is 3. The Morgan fingerprint density at radius 2 is 1.06 bits per heavy atom. The molecule has 0 aliphatic rings. The molecule has 0 aliphatic carbocycles. The van der Waals surface area contributed by atoms with Crippen molar-refractivity contribution in [3.63, 3.8) is 0 Å². The molecule has 0 bridgehead atoms. The molecule has 0 fully saturated rings. The van der Waals surface area contributed by atoms with Crippen LogP contribution in [0.5, 0.6) is 0 Å². The van der Waals surface area contributed by atoms with Gasteiger partial charge < -0.3 is 9.90 Å². The minimum Gasteiger partial charge on any atom is -0.542 e. The molecule has 0 radical (unpaired) electrons. The van der Waals surface area contributed by atoms with Gasteiger partial charge in [-0.15, -0.1) is 0 Å². The Balaban J connectivity index is 0.000000540. The van der Waals surface area contributed by atoms with Gasteiger partial charge in [0, 0.05) is 11.1 Å². The molecule has 6 heteroatoms. The van der Waals surface area contributed by atoms with Crippen molar-refractivity contribution in [3.8, 4) is 0 Å². The number of hydrogen-bond acceptors (Lipinski definition) is 2. The average Bonchev–Trinajstić information content (AvgIpc) is 2.80. The van der Waals surface area contributed by atoms with Gasteiger partial charge in [-0.25, -0.2) is 0 Å². The SMILES string of the molecule is CC(C)c1cc(C(C)C)c([S+](c2ccccc2)c2ccccc2)c(C(C)C)c1.O=C([O-])C(F)(F)F. The number of hydrogen-bond donors (Lipinski definition) is 0. The zero-order chi connectivity index (χ0) is 26.3. The fourth-order valence-electron chi connectivity index (χ4n) is 3.61. The molecule has 0 aliphatic heterocycles. The van der Waals surface area contributed by atoms with E-state index in [-0.39, 0.29) is 10.9 Å². The number of aliphatic carboxylic acids is 1. The maximum atomic E-state index is 10.5. The van der Waals surface area contributed by atoms with Crippen molar-refractivity contribution in [2.45, 2.75) is 80.2 Å². The highest BCUT2D eigenvalue weighted by atomic mass is 32.2. The molecule has 35 heavy (non-hydrogen) atoms. The summed E-state index contributed by atoms with van der Waals surface area (Å²) < 4.78 is 31.5. The molecule has 0 saturated heterocycles. The van der Waals surface area contributed by atoms with E-state index in [1.54, 1.807) is 0 Å². The van der Waals surface area contributed by atoms with E-state index in [4.69, 9.17) is 9.90 Å². The van der Waals surface area contributed by atoms with E-state index in [0.717, 1.165) is 0 Å². The van der Waals surface area contributed by atoms with Crippen LogP contribution in [0.4, 0.5) is 13.2 Å². The first-order chi connectivity index (χ1) is 16.3. The topological polar surface area (TPSA) is 40.1 Å². The lowest BCUT2D eigenvalue weighted by Crippen LogP contribution is -2.37. The number of rotatable bonds is 6. The molecule has 0 unspecified atom stereocenters. The van der Waals surface area contributed by atoms with Crippen molar-refractivity contribution in [1.82, 2.24) is 0 Å². The van der Waals surface area contributed by atoms with Crippen LogP contribution in [0.1, 0.15) is 76.0 Å². The lowest BCUT2D eigenvalue weighted by atomic mass is 9.89. The van der Waals surface area contributed by atoms with Gasteiger partial charge in [0.2, 0.25) is 0 Å². The summed E-state index contributed by atoms with van der Waals surface area (Å²) in [7, 11) is -0.100. The summed E-state index contributed by atoms with van der Waals surface area (Å²) in [6.45, 7) is 14.0. The third-order valence-corrected chi connectivity index (χ3v) is 7.84. The van der Waals surface area contributed by atoms with Gasteiger partial charge in [0.15, 0.2) is 14.7 Å². The second-order valence-electron chi connectivity index (χ2n) is 9.21. The van der Waals surface area contributed by atoms with Crippen LogP contribution in [-0.4, -0.2) is 12.1 Å². The number of halogens is 3. The lowest BCUT2D eigenvalue weighted by molar-refractivity contribution is -0.344. The summed E-state index contributed by atoms with van der Waals surface area (Å²) in [5.41, 5.74) is 4.47. The summed E-state index contributed by atoms with van der Waals surface area (Å²) in [6, 6.07) is 27.0. The Hall–Kier alpha value is -2.73. The fourth-order valence-corrected chi connectivity index (χ4v) is 6.27. The highest BCUT2D eigenvalue weighted by molar-refractivity contribution is 7.97. The minimum atomic E-state index is -5.19. The Labute approximate surface area is 209 Å². The van der Waals surface area contributed by atoms with Crippen molar-refractivity contribution in [1.29, 1.82) is 0 Å². The van der Waals surface area contributed by atoms with Crippen molar-refractivity contribution in [2.24, 2.45) is 0 Å². The summed E-state index contributed by atoms with van der Waals surface area (Å²) in [5, 5.41) is 8.78. The average molecular weight is 503 g/mol. The first-order valence-electron chi connectivity index (χ1n) is 11.6. The summed E-state index contributed by atoms with van der Waals surface area (Å²) >= 11 is 0. The van der Waals surface area contributed by atoms with Gasteiger partial charge in [-0.3, -0.25) is 0 Å². The summed E-state index contributed by atoms with van der Waals surface area (Å²) in [6.07, 6.45) is -5.19. The molecule has 3 aromatic carbocycles. The molecule has 3 aromatic rings. The van der Waals surface area contributed by atoms with Crippen LogP contribution in [0.25, 0.3) is 0 Å². The smallest absolute Gasteiger partial charge is 0.430 e. The van der Waals surface area contributed by atoms with Gasteiger partial charge in [0.1, 0.15) is 5.97 Å². The zero-order valence-corrected chi connectivity index (χ0v) is 21.8. The standard InChI is InChI=1S/C27H33S.C2HF3O2/c1-19(2)22-17-25(20(3)4)27(26(18-22)21(5)6)28(23-13-9-7-10-14-23)24-15-11-8-12-16-24;3-2(4,5)1(6)7/h7-21H,1-6H3;(H,6,7)/q+1;/p-1. The predicted molar refractivity (Wildman–Crippen MR) is 135 cm³/mol. The van der Waals surface area contributed by atoms with Gasteiger partial charge in [-0.2, -0.15) is 13.2 Å². The molecule has 0 aromatic heterocycles. The van der Waals surface area contributed by atoms with Crippen molar-refractivity contribution >= 4 is 16.9 Å². The van der Waals surface area contributed by atoms with Gasteiger partial charge in [-0.1, -0.05) is 90.1 Å². The van der Waals surface area contributed by atoms with Crippen molar-refractivity contribution < 1.29 is 23.1 Å². The molecule has 0 saturated carbocycles. The highest BCUT2D eigenvalue weighted by Gasteiger charge is 2.35. The highest BCUT2D eigenvalue weighted by Crippen LogP contribution is 2.41. The van der Waals surface area contributed by atoms with E-state index in [1.165, 1.54) is 31.4 Å². The molecule has 2 nitrogen and oxygen atoms in total. The van der Waals surface area contributed by atoms with Crippen LogP contribution in [-0.2, 0) is 15.7 Å². The first-order valence-corrected chi connectivity index (χ1v) is 12.9. The Kier molecular flexibility index (Phi) is 10.0. The second-order valence-corrected chi connectivity index (χ2v) is 11.2. The van der Waals surface area contributed by atoms with Gasteiger partial charge >= 0.3 is 6.18 Å². The number of carboxylic acids is 1. The number of carbonyl (C=O) groups excluding carboxylic acids is 1. The Morgan fingerprint density at radius 1 is 0.714 bits per heavy atom. The number of benzene rings is 3. The third kappa shape index (κ3) is 7.63. The third-order valence-electron chi connectivity index (χ3n) is 5.47. The van der Waals surface area contributed by atoms with E-state index in [0.29, 0.717) is 17.8 Å².